The third kappa shape index (κ3) is 7.16. The van der Waals surface area contributed by atoms with Gasteiger partial charge in [0.25, 0.3) is 5.91 Å². The second kappa shape index (κ2) is 12.2. The lowest BCUT2D eigenvalue weighted by Gasteiger charge is -2.36. The molecule has 0 fully saturated rings. The summed E-state index contributed by atoms with van der Waals surface area (Å²) in [5.41, 5.74) is 1.80. The molecular weight excluding hydrogens is 498 g/mol. The predicted octanol–water partition coefficient (Wildman–Crippen LogP) is 6.48. The molecule has 3 aromatic rings. The number of methoxy groups -OCH3 is 2. The van der Waals surface area contributed by atoms with Crippen molar-refractivity contribution in [1.82, 2.24) is 0 Å². The summed E-state index contributed by atoms with van der Waals surface area (Å²) in [5.74, 6) is 1.08. The van der Waals surface area contributed by atoms with Gasteiger partial charge in [0.15, 0.2) is 6.61 Å². The van der Waals surface area contributed by atoms with Crippen LogP contribution >= 0.6 is 0 Å². The number of esters is 1. The molecule has 0 atom stereocenters. The highest BCUT2D eigenvalue weighted by molar-refractivity contribution is 6.74. The fraction of sp³-hybridized carbons (Fsp3) is 0.333. The van der Waals surface area contributed by atoms with Crippen molar-refractivity contribution in [3.8, 4) is 17.2 Å². The number of carbonyl (C=O) groups is 2. The van der Waals surface area contributed by atoms with Crippen LogP contribution in [0.3, 0.4) is 0 Å². The standard InChI is InChI=1S/C30H37NO6Si/c1-30(2,3)38(6,7)37-26-16-13-23(27(19-26)35-5)20-31(24-14-17-25(34-4)18-15-24)28(32)21-36-29(33)22-11-9-8-10-12-22/h8-19H,20-21H2,1-7H3. The lowest BCUT2D eigenvalue weighted by atomic mass is 10.1. The minimum absolute atomic E-state index is 0.0493. The molecule has 38 heavy (non-hydrogen) atoms. The first-order chi connectivity index (χ1) is 17.9. The topological polar surface area (TPSA) is 74.3 Å². The van der Waals surface area contributed by atoms with Crippen molar-refractivity contribution in [2.75, 3.05) is 25.7 Å². The first-order valence-electron chi connectivity index (χ1n) is 12.5. The number of amides is 1. The Bertz CT molecular complexity index is 1240. The van der Waals surface area contributed by atoms with Crippen LogP contribution in [0.5, 0.6) is 17.2 Å². The molecule has 1 amide bonds. The van der Waals surface area contributed by atoms with E-state index in [0.717, 1.165) is 11.3 Å². The second-order valence-electron chi connectivity index (χ2n) is 10.5. The Labute approximate surface area is 226 Å². The van der Waals surface area contributed by atoms with Crippen LogP contribution in [-0.2, 0) is 16.1 Å². The van der Waals surface area contributed by atoms with Crippen LogP contribution in [0.2, 0.25) is 18.1 Å². The molecule has 0 radical (unpaired) electrons. The zero-order chi connectivity index (χ0) is 27.9. The first-order valence-corrected chi connectivity index (χ1v) is 15.4. The second-order valence-corrected chi connectivity index (χ2v) is 15.2. The molecule has 0 aliphatic carbocycles. The Morgan fingerprint density at radius 3 is 2.05 bits per heavy atom. The largest absolute Gasteiger partial charge is 0.543 e. The van der Waals surface area contributed by atoms with Crippen molar-refractivity contribution in [3.05, 3.63) is 83.9 Å². The van der Waals surface area contributed by atoms with Crippen LogP contribution in [0.4, 0.5) is 5.69 Å². The maximum absolute atomic E-state index is 13.4. The molecule has 0 bridgehead atoms. The fourth-order valence-electron chi connectivity index (χ4n) is 3.49. The van der Waals surface area contributed by atoms with Gasteiger partial charge in [-0.2, -0.15) is 0 Å². The highest BCUT2D eigenvalue weighted by Gasteiger charge is 2.39. The quantitative estimate of drug-likeness (QED) is 0.219. The normalized spacial score (nSPS) is 11.4. The van der Waals surface area contributed by atoms with E-state index in [4.69, 9.17) is 18.6 Å². The van der Waals surface area contributed by atoms with Crippen molar-refractivity contribution in [3.63, 3.8) is 0 Å². The van der Waals surface area contributed by atoms with E-state index in [2.05, 4.69) is 33.9 Å². The third-order valence-corrected chi connectivity index (χ3v) is 11.1. The lowest BCUT2D eigenvalue weighted by molar-refractivity contribution is -0.121. The number of ether oxygens (including phenoxy) is 3. The van der Waals surface area contributed by atoms with Crippen LogP contribution in [0.1, 0.15) is 36.7 Å². The molecule has 0 heterocycles. The van der Waals surface area contributed by atoms with E-state index in [0.29, 0.717) is 22.7 Å². The van der Waals surface area contributed by atoms with Gasteiger partial charge in [0, 0.05) is 17.3 Å². The van der Waals surface area contributed by atoms with Crippen molar-refractivity contribution in [1.29, 1.82) is 0 Å². The highest BCUT2D eigenvalue weighted by Crippen LogP contribution is 2.38. The van der Waals surface area contributed by atoms with Gasteiger partial charge < -0.3 is 23.5 Å². The summed E-state index contributed by atoms with van der Waals surface area (Å²) in [5, 5.41) is 0.0493. The molecule has 0 saturated heterocycles. The summed E-state index contributed by atoms with van der Waals surface area (Å²) in [7, 11) is 1.14. The molecule has 0 N–H and O–H groups in total. The number of rotatable bonds is 10. The van der Waals surface area contributed by atoms with Crippen molar-refractivity contribution < 1.29 is 28.2 Å². The molecular formula is C30H37NO6Si. The Kier molecular flexibility index (Phi) is 9.22. The Balaban J connectivity index is 1.85. The number of hydrogen-bond acceptors (Lipinski definition) is 6. The SMILES string of the molecule is COc1ccc(N(Cc2ccc(O[Si](C)(C)C(C)(C)C)cc2OC)C(=O)COC(=O)c2ccccc2)cc1. The van der Waals surface area contributed by atoms with Crippen LogP contribution in [-0.4, -0.2) is 41.0 Å². The maximum Gasteiger partial charge on any atom is 0.338 e. The van der Waals surface area contributed by atoms with E-state index in [1.807, 2.05) is 24.3 Å². The molecule has 3 rings (SSSR count). The molecule has 0 unspecified atom stereocenters. The van der Waals surface area contributed by atoms with Gasteiger partial charge in [0.1, 0.15) is 17.2 Å². The highest BCUT2D eigenvalue weighted by atomic mass is 28.4. The summed E-state index contributed by atoms with van der Waals surface area (Å²) in [6.45, 7) is 10.7. The Morgan fingerprint density at radius 2 is 1.47 bits per heavy atom. The van der Waals surface area contributed by atoms with E-state index in [-0.39, 0.29) is 17.5 Å². The van der Waals surface area contributed by atoms with E-state index < -0.39 is 20.9 Å². The number of hydrogen-bond donors (Lipinski definition) is 0. The fourth-order valence-corrected chi connectivity index (χ4v) is 4.51. The number of anilines is 1. The summed E-state index contributed by atoms with van der Waals surface area (Å²) in [6.07, 6.45) is 0. The van der Waals surface area contributed by atoms with Crippen molar-refractivity contribution >= 4 is 25.9 Å². The van der Waals surface area contributed by atoms with E-state index in [1.165, 1.54) is 0 Å². The van der Waals surface area contributed by atoms with E-state index in [1.54, 1.807) is 67.7 Å². The Hall–Kier alpha value is -3.78. The molecule has 8 heteroatoms. The predicted molar refractivity (Wildman–Crippen MR) is 152 cm³/mol. The maximum atomic E-state index is 13.4. The number of carbonyl (C=O) groups excluding carboxylic acids is 2. The molecule has 0 aromatic heterocycles. The monoisotopic (exact) mass is 535 g/mol. The van der Waals surface area contributed by atoms with Crippen LogP contribution in [0, 0.1) is 0 Å². The van der Waals surface area contributed by atoms with Crippen molar-refractivity contribution in [2.24, 2.45) is 0 Å². The molecule has 202 valence electrons. The average molecular weight is 536 g/mol. The number of nitrogens with zero attached hydrogens (tertiary/aromatic N) is 1. The van der Waals surface area contributed by atoms with E-state index in [9.17, 15) is 9.59 Å². The third-order valence-electron chi connectivity index (χ3n) is 6.79. The molecule has 3 aromatic carbocycles. The van der Waals surface area contributed by atoms with Crippen LogP contribution in [0.25, 0.3) is 0 Å². The van der Waals surface area contributed by atoms with Gasteiger partial charge in [-0.05, 0) is 66.7 Å². The van der Waals surface area contributed by atoms with Gasteiger partial charge in [0.05, 0.1) is 26.3 Å². The summed E-state index contributed by atoms with van der Waals surface area (Å²) >= 11 is 0. The van der Waals surface area contributed by atoms with Gasteiger partial charge >= 0.3 is 5.97 Å². The Morgan fingerprint density at radius 1 is 0.842 bits per heavy atom. The minimum atomic E-state index is -2.04. The van der Waals surface area contributed by atoms with Gasteiger partial charge in [-0.25, -0.2) is 4.79 Å². The molecule has 7 nitrogen and oxygen atoms in total. The van der Waals surface area contributed by atoms with Gasteiger partial charge in [-0.1, -0.05) is 39.0 Å². The van der Waals surface area contributed by atoms with Gasteiger partial charge in [-0.15, -0.1) is 0 Å². The molecule has 0 aliphatic rings. The van der Waals surface area contributed by atoms with E-state index >= 15 is 0 Å². The molecule has 0 saturated carbocycles. The molecule has 0 aliphatic heterocycles. The number of benzene rings is 3. The van der Waals surface area contributed by atoms with Crippen molar-refractivity contribution in [2.45, 2.75) is 45.4 Å². The summed E-state index contributed by atoms with van der Waals surface area (Å²) in [4.78, 5) is 27.4. The van der Waals surface area contributed by atoms with Crippen LogP contribution in [0.15, 0.2) is 72.8 Å². The zero-order valence-corrected chi connectivity index (χ0v) is 24.2. The minimum Gasteiger partial charge on any atom is -0.543 e. The zero-order valence-electron chi connectivity index (χ0n) is 23.2. The lowest BCUT2D eigenvalue weighted by Crippen LogP contribution is -2.43. The smallest absolute Gasteiger partial charge is 0.338 e. The molecule has 0 spiro atoms. The van der Waals surface area contributed by atoms with Gasteiger partial charge in [-0.3, -0.25) is 4.79 Å². The average Bonchev–Trinajstić information content (AvgIpc) is 2.90. The first kappa shape index (κ1) is 28.8. The summed E-state index contributed by atoms with van der Waals surface area (Å²) < 4.78 is 22.7. The summed E-state index contributed by atoms with van der Waals surface area (Å²) in [6, 6.07) is 21.4. The van der Waals surface area contributed by atoms with Crippen LogP contribution < -0.4 is 18.8 Å². The van der Waals surface area contributed by atoms with Gasteiger partial charge in [0.2, 0.25) is 8.32 Å².